The van der Waals surface area contributed by atoms with Crippen molar-refractivity contribution in [3.8, 4) is 44.0 Å². The number of thiazole rings is 1. The highest BCUT2D eigenvalue weighted by Gasteiger charge is 2.23. The largest absolute Gasteiger partial charge is 0.270 e. The van der Waals surface area contributed by atoms with E-state index in [0.717, 1.165) is 4.47 Å². The van der Waals surface area contributed by atoms with Gasteiger partial charge >= 0.3 is 0 Å². The van der Waals surface area contributed by atoms with Gasteiger partial charge in [0.1, 0.15) is 7.05 Å². The molecule has 0 amide bonds. The van der Waals surface area contributed by atoms with Crippen LogP contribution in [0.2, 0.25) is 0 Å². The molecule has 4 aromatic carbocycles. The standard InChI is InChI=1S/C28H21BrNS.ClHO4/c1-30-16-17-31-28(30)27-25(21-8-4-2-5-9-21)18-23(20-12-14-24(29)15-13-20)19-26(27)22-10-6-3-7-11-22;2-1(3,4)5/h2-19H,1H3;(H,2,3,4,5)/q+1;/p-1. The van der Waals surface area contributed by atoms with E-state index in [-0.39, 0.29) is 0 Å². The maximum Gasteiger partial charge on any atom is 0.270 e. The summed E-state index contributed by atoms with van der Waals surface area (Å²) in [6.07, 6.45) is 2.13. The smallest absolute Gasteiger partial charge is 0.222 e. The van der Waals surface area contributed by atoms with Crippen LogP contribution >= 0.6 is 27.3 Å². The minimum atomic E-state index is -4.94. The molecule has 0 unspecified atom stereocenters. The third-order valence-electron chi connectivity index (χ3n) is 5.48. The summed E-state index contributed by atoms with van der Waals surface area (Å²) in [6.45, 7) is 0. The van der Waals surface area contributed by atoms with Crippen LogP contribution < -0.4 is 23.2 Å². The van der Waals surface area contributed by atoms with E-state index in [1.807, 2.05) is 0 Å². The predicted molar refractivity (Wildman–Crippen MR) is 135 cm³/mol. The van der Waals surface area contributed by atoms with Crippen LogP contribution in [0.4, 0.5) is 0 Å². The summed E-state index contributed by atoms with van der Waals surface area (Å²) in [5, 5.41) is 3.40. The lowest BCUT2D eigenvalue weighted by molar-refractivity contribution is -2.00. The molecule has 1 heterocycles. The van der Waals surface area contributed by atoms with Crippen molar-refractivity contribution in [2.45, 2.75) is 0 Å². The number of hydrogen-bond acceptors (Lipinski definition) is 5. The first-order valence-corrected chi connectivity index (χ1v) is 13.7. The normalized spacial score (nSPS) is 11.1. The summed E-state index contributed by atoms with van der Waals surface area (Å²) in [5.74, 6) is 0. The number of aryl methyl sites for hydroxylation is 1. The molecule has 0 saturated carbocycles. The third-order valence-corrected chi connectivity index (χ3v) is 6.99. The molecule has 182 valence electrons. The predicted octanol–water partition coefficient (Wildman–Crippen LogP) is 3.25. The van der Waals surface area contributed by atoms with E-state index in [2.05, 4.69) is 136 Å². The summed E-state index contributed by atoms with van der Waals surface area (Å²) >= 11 is 5.35. The van der Waals surface area contributed by atoms with Gasteiger partial charge in [0.05, 0.1) is 10.9 Å². The molecule has 36 heavy (non-hydrogen) atoms. The fourth-order valence-electron chi connectivity index (χ4n) is 3.94. The number of nitrogens with zero attached hydrogens (tertiary/aromatic N) is 1. The van der Waals surface area contributed by atoms with Gasteiger partial charge in [-0.2, -0.15) is 4.57 Å². The highest BCUT2D eigenvalue weighted by atomic mass is 79.9. The lowest BCUT2D eigenvalue weighted by atomic mass is 9.88. The van der Waals surface area contributed by atoms with E-state index >= 15 is 0 Å². The van der Waals surface area contributed by atoms with Crippen molar-refractivity contribution >= 4 is 27.3 Å². The van der Waals surface area contributed by atoms with Gasteiger partial charge in [-0.3, -0.25) is 0 Å². The van der Waals surface area contributed by atoms with Crippen LogP contribution in [0.25, 0.3) is 44.0 Å². The zero-order valence-electron chi connectivity index (χ0n) is 19.1. The summed E-state index contributed by atoms with van der Waals surface area (Å²) in [4.78, 5) is 0. The molecular weight excluding hydrogens is 562 g/mol. The van der Waals surface area contributed by atoms with Crippen molar-refractivity contribution in [2.24, 2.45) is 7.05 Å². The maximum absolute atomic E-state index is 8.49. The molecule has 0 aliphatic rings. The van der Waals surface area contributed by atoms with E-state index in [1.165, 1.54) is 44.0 Å². The van der Waals surface area contributed by atoms with Crippen LogP contribution in [-0.2, 0) is 7.05 Å². The summed E-state index contributed by atoms with van der Waals surface area (Å²) in [5.41, 5.74) is 8.64. The van der Waals surface area contributed by atoms with E-state index < -0.39 is 10.2 Å². The molecule has 0 atom stereocenters. The van der Waals surface area contributed by atoms with Gasteiger partial charge < -0.3 is 0 Å². The first-order valence-electron chi connectivity index (χ1n) is 10.8. The number of halogens is 2. The van der Waals surface area contributed by atoms with Crippen molar-refractivity contribution in [2.75, 3.05) is 0 Å². The summed E-state index contributed by atoms with van der Waals surface area (Å²) in [7, 11) is -2.82. The molecule has 0 bridgehead atoms. The Morgan fingerprint density at radius 2 is 1.14 bits per heavy atom. The van der Waals surface area contributed by atoms with Crippen molar-refractivity contribution in [3.05, 3.63) is 113 Å². The maximum atomic E-state index is 8.49. The minimum Gasteiger partial charge on any atom is -0.222 e. The average molecular weight is 583 g/mol. The zero-order chi connectivity index (χ0) is 25.7. The number of benzene rings is 4. The molecule has 0 aliphatic carbocycles. The second-order valence-electron chi connectivity index (χ2n) is 7.88. The van der Waals surface area contributed by atoms with Crippen LogP contribution in [-0.4, -0.2) is 0 Å². The van der Waals surface area contributed by atoms with E-state index in [0.29, 0.717) is 0 Å². The molecule has 0 radical (unpaired) electrons. The molecule has 0 fully saturated rings. The van der Waals surface area contributed by atoms with Crippen molar-refractivity contribution in [1.82, 2.24) is 0 Å². The molecule has 0 aliphatic heterocycles. The molecule has 8 heteroatoms. The van der Waals surface area contributed by atoms with Gasteiger partial charge in [0.15, 0.2) is 6.20 Å². The Kier molecular flexibility index (Phi) is 8.33. The Bertz CT molecular complexity index is 1370. The molecule has 0 saturated heterocycles. The Morgan fingerprint density at radius 1 is 0.667 bits per heavy atom. The minimum absolute atomic E-state index is 1.09. The quantitative estimate of drug-likeness (QED) is 0.304. The Balaban J connectivity index is 0.000000556. The van der Waals surface area contributed by atoms with Crippen molar-refractivity contribution < 1.29 is 33.4 Å². The fourth-order valence-corrected chi connectivity index (χ4v) is 5.15. The molecule has 5 aromatic rings. The summed E-state index contributed by atoms with van der Waals surface area (Å²) < 4.78 is 37.3. The van der Waals surface area contributed by atoms with Gasteiger partial charge in [-0.05, 0) is 57.6 Å². The average Bonchev–Trinajstić information content (AvgIpc) is 3.29. The number of hydrogen-bond donors (Lipinski definition) is 0. The van der Waals surface area contributed by atoms with Gasteiger partial charge in [0.25, 0.3) is 5.01 Å². The lowest BCUT2D eigenvalue weighted by Crippen LogP contribution is -2.68. The first-order chi connectivity index (χ1) is 17.2. The third kappa shape index (κ3) is 6.66. The lowest BCUT2D eigenvalue weighted by Gasteiger charge is -2.17. The second kappa shape index (κ2) is 11.5. The first kappa shape index (κ1) is 26.2. The van der Waals surface area contributed by atoms with Crippen LogP contribution in [0.1, 0.15) is 0 Å². The highest BCUT2D eigenvalue weighted by molar-refractivity contribution is 9.10. The molecule has 0 spiro atoms. The zero-order valence-corrected chi connectivity index (χ0v) is 22.3. The van der Waals surface area contributed by atoms with Crippen molar-refractivity contribution in [1.29, 1.82) is 0 Å². The van der Waals surface area contributed by atoms with Crippen LogP contribution in [0, 0.1) is 10.2 Å². The monoisotopic (exact) mass is 581 g/mol. The van der Waals surface area contributed by atoms with Crippen molar-refractivity contribution in [3.63, 3.8) is 0 Å². The number of rotatable bonds is 4. The Labute approximate surface area is 224 Å². The van der Waals surface area contributed by atoms with Gasteiger partial charge in [-0.15, -0.1) is 10.2 Å². The molecular formula is C28H21BrClNO4S. The van der Waals surface area contributed by atoms with E-state index in [4.69, 9.17) is 18.6 Å². The molecule has 0 N–H and O–H groups in total. The Morgan fingerprint density at radius 3 is 1.56 bits per heavy atom. The van der Waals surface area contributed by atoms with E-state index in [1.54, 1.807) is 11.3 Å². The fraction of sp³-hybridized carbons (Fsp3) is 0.0357. The van der Waals surface area contributed by atoms with Gasteiger partial charge in [0, 0.05) is 4.47 Å². The molecule has 5 rings (SSSR count). The van der Waals surface area contributed by atoms with Gasteiger partial charge in [0.2, 0.25) is 0 Å². The SMILES string of the molecule is C[n+]1ccsc1-c1c(-c2ccccc2)cc(-c2ccc(Br)cc2)cc1-c1ccccc1.[O-][Cl+3]([O-])([O-])[O-]. The van der Waals surface area contributed by atoms with Gasteiger partial charge in [-0.1, -0.05) is 100 Å². The van der Waals surface area contributed by atoms with Crippen LogP contribution in [0.3, 0.4) is 0 Å². The topological polar surface area (TPSA) is 96.1 Å². The van der Waals surface area contributed by atoms with Gasteiger partial charge in [-0.25, -0.2) is 18.6 Å². The number of aromatic nitrogens is 1. The van der Waals surface area contributed by atoms with Crippen LogP contribution in [0.5, 0.6) is 0 Å². The van der Waals surface area contributed by atoms with E-state index in [9.17, 15) is 0 Å². The second-order valence-corrected chi connectivity index (χ2v) is 10.4. The molecule has 1 aromatic heterocycles. The molecule has 5 nitrogen and oxygen atoms in total. The Hall–Kier alpha value is -2.88. The highest BCUT2D eigenvalue weighted by Crippen LogP contribution is 2.43. The summed E-state index contributed by atoms with van der Waals surface area (Å²) in [6, 6.07) is 34.6. The van der Waals surface area contributed by atoms with Crippen LogP contribution in [0.15, 0.2) is 113 Å².